The Morgan fingerprint density at radius 1 is 0.611 bits per heavy atom. The zero-order valence-corrected chi connectivity index (χ0v) is 25.2. The van der Waals surface area contributed by atoms with Gasteiger partial charge in [0.2, 0.25) is 0 Å². The van der Waals surface area contributed by atoms with Gasteiger partial charge in [-0.1, -0.05) is 153 Å². The number of hydrogen-bond donors (Lipinski definition) is 0. The molecule has 0 aliphatic rings. The Labute approximate surface area is 227 Å². The molecule has 0 radical (unpaired) electrons. The third kappa shape index (κ3) is 14.0. The minimum absolute atomic E-state index is 0.127. The van der Waals surface area contributed by atoms with E-state index in [1.807, 2.05) is 0 Å². The molecule has 36 heavy (non-hydrogen) atoms. The molecule has 0 aliphatic heterocycles. The summed E-state index contributed by atoms with van der Waals surface area (Å²) in [6, 6.07) is 11.2. The van der Waals surface area contributed by atoms with Crippen LogP contribution in [-0.2, 0) is 6.42 Å². The molecule has 0 saturated carbocycles. The van der Waals surface area contributed by atoms with Crippen LogP contribution in [0, 0.1) is 0 Å². The molecule has 1 atom stereocenters. The number of unbranched alkanes of at least 4 members (excludes halogenated alkanes) is 17. The smallest absolute Gasteiger partial charge is 0.121 e. The zero-order chi connectivity index (χ0) is 26.4. The summed E-state index contributed by atoms with van der Waals surface area (Å²) in [6.07, 6.45) is 31.3. The quantitative estimate of drug-likeness (QED) is 0.0714. The number of hydrogen-bond acceptors (Lipinski definition) is 0. The molecule has 1 heteroatoms. The first-order valence-corrected chi connectivity index (χ1v) is 16.0. The van der Waals surface area contributed by atoms with E-state index in [1.54, 1.807) is 0 Å². The van der Waals surface area contributed by atoms with Gasteiger partial charge in [0, 0.05) is 12.8 Å². The summed E-state index contributed by atoms with van der Waals surface area (Å²) in [4.78, 5) is 0. The van der Waals surface area contributed by atoms with E-state index in [1.165, 1.54) is 141 Å². The molecule has 0 fully saturated rings. The van der Waals surface area contributed by atoms with E-state index >= 15 is 0 Å². The van der Waals surface area contributed by atoms with Crippen molar-refractivity contribution in [3.63, 3.8) is 0 Å². The van der Waals surface area contributed by atoms with Gasteiger partial charge in [-0.25, -0.2) is 0 Å². The summed E-state index contributed by atoms with van der Waals surface area (Å²) in [7, 11) is 4.96. The van der Waals surface area contributed by atoms with Crippen molar-refractivity contribution in [3.05, 3.63) is 48.6 Å². The van der Waals surface area contributed by atoms with Crippen molar-refractivity contribution in [2.45, 2.75) is 154 Å². The van der Waals surface area contributed by atoms with Crippen LogP contribution in [0.5, 0.6) is 0 Å². The maximum Gasteiger partial charge on any atom is 0.121 e. The summed E-state index contributed by atoms with van der Waals surface area (Å²) in [6.45, 7) is 10.3. The molecular weight excluding hydrogens is 434 g/mol. The van der Waals surface area contributed by atoms with Gasteiger partial charge in [0.25, 0.3) is 0 Å². The fourth-order valence-corrected chi connectivity index (χ4v) is 5.93. The number of nitrogens with zero attached hydrogens (tertiary/aromatic N) is 1. The van der Waals surface area contributed by atoms with Gasteiger partial charge < -0.3 is 4.48 Å². The van der Waals surface area contributed by atoms with E-state index in [4.69, 9.17) is 0 Å². The molecule has 0 aliphatic carbocycles. The molecule has 1 unspecified atom stereocenters. The highest BCUT2D eigenvalue weighted by molar-refractivity contribution is 5.19. The van der Waals surface area contributed by atoms with E-state index in [-0.39, 0.29) is 5.54 Å². The standard InChI is InChI=1S/C35H64N/c1-6-9-11-13-15-17-19-21-23-28-32-36(4,5)35(8-3,33-34-29-25-24-26-30-34)31-27-22-20-18-16-14-12-10-7-2/h8,24-26,29-30H,3,6-7,9-23,27-28,31-33H2,1-2,4-5H3/q+1. The van der Waals surface area contributed by atoms with Gasteiger partial charge in [0.15, 0.2) is 0 Å². The predicted octanol–water partition coefficient (Wildman–Crippen LogP) is 11.1. The van der Waals surface area contributed by atoms with Crippen molar-refractivity contribution in [2.75, 3.05) is 20.6 Å². The average molecular weight is 499 g/mol. The van der Waals surface area contributed by atoms with E-state index in [2.05, 4.69) is 70.9 Å². The molecule has 0 saturated heterocycles. The Morgan fingerprint density at radius 2 is 1.03 bits per heavy atom. The summed E-state index contributed by atoms with van der Waals surface area (Å²) in [5, 5.41) is 0. The second-order valence-corrected chi connectivity index (χ2v) is 12.1. The van der Waals surface area contributed by atoms with E-state index in [0.29, 0.717) is 0 Å². The molecule has 0 aromatic heterocycles. The van der Waals surface area contributed by atoms with Crippen molar-refractivity contribution in [2.24, 2.45) is 0 Å². The van der Waals surface area contributed by atoms with Gasteiger partial charge in [0.1, 0.15) is 5.54 Å². The first-order valence-electron chi connectivity index (χ1n) is 16.0. The largest absolute Gasteiger partial charge is 0.320 e. The SMILES string of the molecule is C=CC(CCCCCCCCCCC)(Cc1ccccc1)[N+](C)(C)CCCCCCCCCCCC. The minimum atomic E-state index is 0.127. The monoisotopic (exact) mass is 499 g/mol. The topological polar surface area (TPSA) is 0 Å². The van der Waals surface area contributed by atoms with Crippen molar-refractivity contribution < 1.29 is 4.48 Å². The van der Waals surface area contributed by atoms with Crippen LogP contribution in [0.1, 0.15) is 148 Å². The fraction of sp³-hybridized carbons (Fsp3) is 0.771. The third-order valence-corrected chi connectivity index (χ3v) is 8.72. The molecule has 0 N–H and O–H groups in total. The van der Waals surface area contributed by atoms with Crippen LogP contribution in [0.15, 0.2) is 43.0 Å². The average Bonchev–Trinajstić information content (AvgIpc) is 2.88. The highest BCUT2D eigenvalue weighted by Crippen LogP contribution is 2.33. The number of rotatable bonds is 25. The van der Waals surface area contributed by atoms with Crippen molar-refractivity contribution in [1.29, 1.82) is 0 Å². The van der Waals surface area contributed by atoms with E-state index in [9.17, 15) is 0 Å². The van der Waals surface area contributed by atoms with Gasteiger partial charge in [-0.2, -0.15) is 0 Å². The number of likely N-dealkylation sites (N-methyl/N-ethyl adjacent to an activating group) is 1. The lowest BCUT2D eigenvalue weighted by Crippen LogP contribution is -2.60. The summed E-state index contributed by atoms with van der Waals surface area (Å²) in [5.41, 5.74) is 1.59. The molecule has 1 nitrogen and oxygen atoms in total. The molecular formula is C35H64N+. The summed E-state index contributed by atoms with van der Waals surface area (Å²) >= 11 is 0. The van der Waals surface area contributed by atoms with Crippen LogP contribution >= 0.6 is 0 Å². The van der Waals surface area contributed by atoms with Crippen LogP contribution in [0.4, 0.5) is 0 Å². The molecule has 0 spiro atoms. The first-order chi connectivity index (χ1) is 17.5. The Kier molecular flexibility index (Phi) is 19.1. The molecule has 208 valence electrons. The fourth-order valence-electron chi connectivity index (χ4n) is 5.93. The van der Waals surface area contributed by atoms with Gasteiger partial charge in [-0.3, -0.25) is 0 Å². The minimum Gasteiger partial charge on any atom is -0.320 e. The van der Waals surface area contributed by atoms with Crippen LogP contribution < -0.4 is 0 Å². The molecule has 1 aromatic rings. The van der Waals surface area contributed by atoms with Crippen LogP contribution in [0.25, 0.3) is 0 Å². The molecule has 0 bridgehead atoms. The second kappa shape index (κ2) is 20.9. The highest BCUT2D eigenvalue weighted by Gasteiger charge is 2.42. The first kappa shape index (κ1) is 32.9. The maximum absolute atomic E-state index is 4.44. The van der Waals surface area contributed by atoms with Crippen LogP contribution in [-0.4, -0.2) is 30.7 Å². The third-order valence-electron chi connectivity index (χ3n) is 8.72. The summed E-state index contributed by atoms with van der Waals surface area (Å²) < 4.78 is 1.07. The normalized spacial score (nSPS) is 13.6. The van der Waals surface area contributed by atoms with Crippen molar-refractivity contribution >= 4 is 0 Å². The molecule has 0 amide bonds. The van der Waals surface area contributed by atoms with Gasteiger partial charge in [-0.05, 0) is 30.9 Å². The van der Waals surface area contributed by atoms with Gasteiger partial charge >= 0.3 is 0 Å². The maximum atomic E-state index is 4.44. The van der Waals surface area contributed by atoms with E-state index < -0.39 is 0 Å². The molecule has 1 aromatic carbocycles. The van der Waals surface area contributed by atoms with E-state index in [0.717, 1.165) is 10.9 Å². The van der Waals surface area contributed by atoms with Crippen LogP contribution in [0.3, 0.4) is 0 Å². The molecule has 0 heterocycles. The lowest BCUT2D eigenvalue weighted by atomic mass is 9.82. The predicted molar refractivity (Wildman–Crippen MR) is 164 cm³/mol. The Bertz CT molecular complexity index is 619. The number of benzene rings is 1. The zero-order valence-electron chi connectivity index (χ0n) is 25.2. The molecule has 1 rings (SSSR count). The van der Waals surface area contributed by atoms with Gasteiger partial charge in [0.05, 0.1) is 20.6 Å². The number of quaternary nitrogens is 1. The Morgan fingerprint density at radius 3 is 1.47 bits per heavy atom. The lowest BCUT2D eigenvalue weighted by Gasteiger charge is -2.48. The van der Waals surface area contributed by atoms with Gasteiger partial charge in [-0.15, -0.1) is 0 Å². The highest BCUT2D eigenvalue weighted by atomic mass is 15.4. The lowest BCUT2D eigenvalue weighted by molar-refractivity contribution is -0.935. The van der Waals surface area contributed by atoms with Crippen molar-refractivity contribution in [3.8, 4) is 0 Å². The van der Waals surface area contributed by atoms with Crippen molar-refractivity contribution in [1.82, 2.24) is 0 Å². The summed E-state index contributed by atoms with van der Waals surface area (Å²) in [5.74, 6) is 0. The Balaban J connectivity index is 2.53. The van der Waals surface area contributed by atoms with Crippen LogP contribution in [0.2, 0.25) is 0 Å². The Hall–Kier alpha value is -1.08. The second-order valence-electron chi connectivity index (χ2n) is 12.1.